The summed E-state index contributed by atoms with van der Waals surface area (Å²) < 4.78 is 38.7. The zero-order chi connectivity index (χ0) is 10.9. The second-order valence-electron chi connectivity index (χ2n) is 4.70. The minimum absolute atomic E-state index is 0.0151. The van der Waals surface area contributed by atoms with Crippen LogP contribution in [-0.2, 0) is 11.0 Å². The lowest BCUT2D eigenvalue weighted by molar-refractivity contribution is 0.0995. The molecule has 0 heterocycles. The maximum absolute atomic E-state index is 12.5. The molecule has 5 heteroatoms. The van der Waals surface area contributed by atoms with Crippen LogP contribution in [0.1, 0.15) is 33.6 Å². The van der Waals surface area contributed by atoms with Crippen LogP contribution in [0.3, 0.4) is 0 Å². The molecule has 1 saturated carbocycles. The Labute approximate surface area is 86.0 Å². The van der Waals surface area contributed by atoms with Crippen LogP contribution in [0.25, 0.3) is 0 Å². The molecular weight excluding hydrogens is 208 g/mol. The first-order valence-electron chi connectivity index (χ1n) is 4.78. The Morgan fingerprint density at radius 3 is 2.14 bits per heavy atom. The monoisotopic (exact) mass is 225 g/mol. The summed E-state index contributed by atoms with van der Waals surface area (Å²) in [6, 6.07) is -0.893. The molecule has 1 N–H and O–H groups in total. The molecule has 0 amide bonds. The lowest BCUT2D eigenvalue weighted by Crippen LogP contribution is -2.44. The molecule has 84 valence electrons. The van der Waals surface area contributed by atoms with Crippen molar-refractivity contribution in [3.63, 3.8) is 0 Å². The average Bonchev–Trinajstić information content (AvgIpc) is 2.79. The number of hydrogen-bond donors (Lipinski definition) is 1. The van der Waals surface area contributed by atoms with Crippen LogP contribution >= 0.6 is 0 Å². The van der Waals surface area contributed by atoms with Gasteiger partial charge in [-0.15, -0.1) is 0 Å². The Balaban J connectivity index is 2.51. The van der Waals surface area contributed by atoms with Gasteiger partial charge in [0.2, 0.25) is 0 Å². The van der Waals surface area contributed by atoms with Crippen molar-refractivity contribution in [1.29, 1.82) is 0 Å². The van der Waals surface area contributed by atoms with Gasteiger partial charge in [0.25, 0.3) is 6.43 Å². The molecule has 0 aromatic carbocycles. The zero-order valence-electron chi connectivity index (χ0n) is 8.72. The van der Waals surface area contributed by atoms with E-state index in [2.05, 4.69) is 4.72 Å². The lowest BCUT2D eigenvalue weighted by Gasteiger charge is -2.23. The van der Waals surface area contributed by atoms with Crippen molar-refractivity contribution in [3.8, 4) is 0 Å². The molecule has 2 unspecified atom stereocenters. The molecular formula is C9H17F2NOS. The van der Waals surface area contributed by atoms with Crippen LogP contribution in [0.2, 0.25) is 0 Å². The first-order valence-corrected chi connectivity index (χ1v) is 5.93. The van der Waals surface area contributed by atoms with Crippen molar-refractivity contribution in [1.82, 2.24) is 4.72 Å². The fraction of sp³-hybridized carbons (Fsp3) is 1.00. The highest BCUT2D eigenvalue weighted by Crippen LogP contribution is 2.35. The number of hydrogen-bond acceptors (Lipinski definition) is 1. The number of halogens is 2. The molecule has 2 atom stereocenters. The molecule has 0 radical (unpaired) electrons. The highest BCUT2D eigenvalue weighted by atomic mass is 32.2. The maximum atomic E-state index is 12.5. The highest BCUT2D eigenvalue weighted by Gasteiger charge is 2.39. The molecule has 0 aromatic rings. The van der Waals surface area contributed by atoms with Gasteiger partial charge < -0.3 is 0 Å². The van der Waals surface area contributed by atoms with Crippen LogP contribution in [0, 0.1) is 5.92 Å². The van der Waals surface area contributed by atoms with Crippen LogP contribution in [0.4, 0.5) is 8.78 Å². The minimum atomic E-state index is -2.42. The van der Waals surface area contributed by atoms with E-state index in [1.165, 1.54) is 0 Å². The molecule has 0 spiro atoms. The third-order valence-electron chi connectivity index (χ3n) is 2.20. The zero-order valence-corrected chi connectivity index (χ0v) is 9.54. The Hall–Kier alpha value is -0.0300. The molecule has 1 aliphatic carbocycles. The molecule has 0 aliphatic heterocycles. The molecule has 0 saturated heterocycles. The Morgan fingerprint density at radius 1 is 1.36 bits per heavy atom. The van der Waals surface area contributed by atoms with Gasteiger partial charge in [0.15, 0.2) is 0 Å². The summed E-state index contributed by atoms with van der Waals surface area (Å²) in [6.45, 7) is 5.31. The summed E-state index contributed by atoms with van der Waals surface area (Å²) in [4.78, 5) is 0. The average molecular weight is 225 g/mol. The van der Waals surface area contributed by atoms with Gasteiger partial charge in [-0.25, -0.2) is 17.7 Å². The third-order valence-corrected chi connectivity index (χ3v) is 3.80. The topological polar surface area (TPSA) is 29.1 Å². The molecule has 0 aromatic heterocycles. The van der Waals surface area contributed by atoms with Crippen LogP contribution in [0.5, 0.6) is 0 Å². The van der Waals surface area contributed by atoms with Gasteiger partial charge in [-0.3, -0.25) is 0 Å². The fourth-order valence-electron chi connectivity index (χ4n) is 1.11. The molecule has 1 rings (SSSR count). The van der Waals surface area contributed by atoms with Gasteiger partial charge >= 0.3 is 0 Å². The van der Waals surface area contributed by atoms with E-state index in [-0.39, 0.29) is 5.92 Å². The quantitative estimate of drug-likeness (QED) is 0.779. The van der Waals surface area contributed by atoms with E-state index in [1.807, 2.05) is 0 Å². The molecule has 14 heavy (non-hydrogen) atoms. The summed E-state index contributed by atoms with van der Waals surface area (Å²) in [5, 5.41) is 0. The molecule has 0 bridgehead atoms. The number of nitrogens with one attached hydrogen (secondary N) is 1. The summed E-state index contributed by atoms with van der Waals surface area (Å²) in [5.74, 6) is 0.0151. The number of alkyl halides is 2. The van der Waals surface area contributed by atoms with Crippen molar-refractivity contribution in [2.45, 2.75) is 50.8 Å². The van der Waals surface area contributed by atoms with Gasteiger partial charge in [-0.05, 0) is 39.5 Å². The predicted octanol–water partition coefficient (Wildman–Crippen LogP) is 2.08. The minimum Gasteiger partial charge on any atom is -0.242 e. The van der Waals surface area contributed by atoms with Crippen molar-refractivity contribution in [2.75, 3.05) is 0 Å². The first-order chi connectivity index (χ1) is 6.32. The van der Waals surface area contributed by atoms with Gasteiger partial charge in [-0.1, -0.05) is 0 Å². The number of rotatable bonds is 4. The summed E-state index contributed by atoms with van der Waals surface area (Å²) >= 11 is 0. The molecule has 1 fully saturated rings. The van der Waals surface area contributed by atoms with Gasteiger partial charge in [-0.2, -0.15) is 0 Å². The van der Waals surface area contributed by atoms with Crippen LogP contribution in [-0.4, -0.2) is 21.4 Å². The highest BCUT2D eigenvalue weighted by molar-refractivity contribution is 7.84. The molecule has 2 nitrogen and oxygen atoms in total. The lowest BCUT2D eigenvalue weighted by atomic mass is 10.2. The predicted molar refractivity (Wildman–Crippen MR) is 53.5 cm³/mol. The summed E-state index contributed by atoms with van der Waals surface area (Å²) in [6.07, 6.45) is -0.777. The smallest absolute Gasteiger partial charge is 0.242 e. The van der Waals surface area contributed by atoms with Crippen molar-refractivity contribution >= 4 is 11.0 Å². The van der Waals surface area contributed by atoms with Crippen LogP contribution in [0.15, 0.2) is 0 Å². The Kier molecular flexibility index (Phi) is 3.63. The Bertz CT molecular complexity index is 221. The first kappa shape index (κ1) is 12.0. The normalized spacial score (nSPS) is 22.4. The van der Waals surface area contributed by atoms with Crippen LogP contribution < -0.4 is 4.72 Å². The largest absolute Gasteiger partial charge is 0.254 e. The van der Waals surface area contributed by atoms with Crippen molar-refractivity contribution < 1.29 is 13.0 Å². The van der Waals surface area contributed by atoms with E-state index in [9.17, 15) is 13.0 Å². The second-order valence-corrected chi connectivity index (χ2v) is 6.69. The maximum Gasteiger partial charge on any atom is 0.254 e. The summed E-state index contributed by atoms with van der Waals surface area (Å²) in [7, 11) is -1.40. The van der Waals surface area contributed by atoms with Gasteiger partial charge in [0.1, 0.15) is 0 Å². The standard InChI is InChI=1S/C9H17F2NOS/c1-9(2,3)14(13)12-7(8(10)11)6-4-5-6/h6-8,12H,4-5H2,1-3H3. The summed E-state index contributed by atoms with van der Waals surface area (Å²) in [5.41, 5.74) is 0. The van der Waals surface area contributed by atoms with Gasteiger partial charge in [0, 0.05) is 0 Å². The van der Waals surface area contributed by atoms with E-state index >= 15 is 0 Å². The SMILES string of the molecule is CC(C)(C)S(=O)NC(C(F)F)C1CC1. The second kappa shape index (κ2) is 4.23. The van der Waals surface area contributed by atoms with Gasteiger partial charge in [0.05, 0.1) is 21.8 Å². The third kappa shape index (κ3) is 3.28. The van der Waals surface area contributed by atoms with E-state index in [4.69, 9.17) is 0 Å². The van der Waals surface area contributed by atoms with E-state index < -0.39 is 28.2 Å². The molecule has 1 aliphatic rings. The fourth-order valence-corrected chi connectivity index (χ4v) is 2.01. The van der Waals surface area contributed by atoms with E-state index in [0.29, 0.717) is 0 Å². The van der Waals surface area contributed by atoms with Crippen molar-refractivity contribution in [2.24, 2.45) is 5.92 Å². The Morgan fingerprint density at radius 2 is 1.86 bits per heavy atom. The van der Waals surface area contributed by atoms with E-state index in [0.717, 1.165) is 12.8 Å². The van der Waals surface area contributed by atoms with E-state index in [1.54, 1.807) is 20.8 Å². The van der Waals surface area contributed by atoms with Crippen molar-refractivity contribution in [3.05, 3.63) is 0 Å².